The molecule has 0 bridgehead atoms. The van der Waals surface area contributed by atoms with Gasteiger partial charge in [0.1, 0.15) is 29.7 Å². The molecule has 0 spiro atoms. The third-order valence-electron chi connectivity index (χ3n) is 5.39. The number of allylic oxidation sites excluding steroid dienone is 1. The minimum absolute atomic E-state index is 0.0557. The lowest BCUT2D eigenvalue weighted by Gasteiger charge is -2.27. The monoisotopic (exact) mass is 588 g/mol. The summed E-state index contributed by atoms with van der Waals surface area (Å²) in [6.07, 6.45) is 0. The number of hydrogen-bond acceptors (Lipinski definition) is 6. The summed E-state index contributed by atoms with van der Waals surface area (Å²) in [5.74, 6) is 1.90. The van der Waals surface area contributed by atoms with E-state index in [1.54, 1.807) is 6.07 Å². The van der Waals surface area contributed by atoms with Gasteiger partial charge >= 0.3 is 0 Å². The Labute approximate surface area is 211 Å². The maximum Gasteiger partial charge on any atom is 0.231 e. The van der Waals surface area contributed by atoms with Crippen LogP contribution >= 0.6 is 43.5 Å². The molecule has 33 heavy (non-hydrogen) atoms. The highest BCUT2D eigenvalue weighted by atomic mass is 79.9. The van der Waals surface area contributed by atoms with Crippen molar-refractivity contribution in [3.8, 4) is 29.1 Å². The second-order valence-electron chi connectivity index (χ2n) is 7.36. The predicted octanol–water partition coefficient (Wildman–Crippen LogP) is 6.39. The van der Waals surface area contributed by atoms with Gasteiger partial charge in [0, 0.05) is 22.2 Å². The molecule has 166 valence electrons. The van der Waals surface area contributed by atoms with E-state index < -0.39 is 5.92 Å². The fourth-order valence-electron chi connectivity index (χ4n) is 3.84. The van der Waals surface area contributed by atoms with Crippen molar-refractivity contribution in [3.05, 3.63) is 90.6 Å². The van der Waals surface area contributed by atoms with Crippen molar-refractivity contribution in [2.24, 2.45) is 5.73 Å². The van der Waals surface area contributed by atoms with E-state index in [0.29, 0.717) is 49.1 Å². The number of hydrogen-bond donors (Lipinski definition) is 1. The summed E-state index contributed by atoms with van der Waals surface area (Å²) in [7, 11) is 0. The van der Waals surface area contributed by atoms with E-state index in [-0.39, 0.29) is 12.7 Å². The maximum absolute atomic E-state index is 9.86. The molecule has 0 aliphatic carbocycles. The van der Waals surface area contributed by atoms with Crippen LogP contribution < -0.4 is 24.7 Å². The van der Waals surface area contributed by atoms with E-state index in [2.05, 4.69) is 37.9 Å². The Kier molecular flexibility index (Phi) is 5.87. The molecular formula is C24H15Br2ClN2O4. The average Bonchev–Trinajstić information content (AvgIpc) is 3.24. The van der Waals surface area contributed by atoms with Crippen molar-refractivity contribution in [1.29, 1.82) is 5.26 Å². The third-order valence-corrected chi connectivity index (χ3v) is 6.94. The first-order valence-electron chi connectivity index (χ1n) is 9.82. The Morgan fingerprint density at radius 3 is 2.45 bits per heavy atom. The van der Waals surface area contributed by atoms with Crippen molar-refractivity contribution in [1.82, 2.24) is 0 Å². The van der Waals surface area contributed by atoms with Gasteiger partial charge in [0.15, 0.2) is 11.5 Å². The number of benzene rings is 3. The SMILES string of the molecule is N#CC1=C(N)Oc2cc3c(cc2[C@@H]1c1cc(Br)c(OCc2ccccc2Cl)c(Br)c1)OCO3. The van der Waals surface area contributed by atoms with Crippen LogP contribution in [0.1, 0.15) is 22.6 Å². The van der Waals surface area contributed by atoms with Crippen molar-refractivity contribution < 1.29 is 18.9 Å². The fraction of sp³-hybridized carbons (Fsp3) is 0.125. The Bertz CT molecular complexity index is 1330. The molecule has 2 heterocycles. The number of nitrogens with zero attached hydrogens (tertiary/aromatic N) is 1. The van der Waals surface area contributed by atoms with Gasteiger partial charge in [-0.15, -0.1) is 0 Å². The zero-order valence-electron chi connectivity index (χ0n) is 16.9. The lowest BCUT2D eigenvalue weighted by atomic mass is 9.83. The van der Waals surface area contributed by atoms with Gasteiger partial charge in [-0.2, -0.15) is 5.26 Å². The van der Waals surface area contributed by atoms with Gasteiger partial charge in [0.2, 0.25) is 12.7 Å². The van der Waals surface area contributed by atoms with Crippen LogP contribution in [-0.4, -0.2) is 6.79 Å². The van der Waals surface area contributed by atoms with Crippen LogP contribution in [0.3, 0.4) is 0 Å². The first-order chi connectivity index (χ1) is 16.0. The van der Waals surface area contributed by atoms with Crippen LogP contribution in [0, 0.1) is 11.3 Å². The number of fused-ring (bicyclic) bond motifs is 2. The molecule has 2 aliphatic rings. The lowest BCUT2D eigenvalue weighted by Crippen LogP contribution is -2.21. The molecule has 0 amide bonds. The van der Waals surface area contributed by atoms with Crippen molar-refractivity contribution in [3.63, 3.8) is 0 Å². The summed E-state index contributed by atoms with van der Waals surface area (Å²) in [5, 5.41) is 10.5. The third kappa shape index (κ3) is 4.01. The second kappa shape index (κ2) is 8.82. The van der Waals surface area contributed by atoms with Gasteiger partial charge in [0.25, 0.3) is 0 Å². The van der Waals surface area contributed by atoms with Gasteiger partial charge < -0.3 is 24.7 Å². The molecule has 3 aromatic rings. The summed E-state index contributed by atoms with van der Waals surface area (Å²) >= 11 is 13.5. The van der Waals surface area contributed by atoms with Crippen LogP contribution in [0.5, 0.6) is 23.0 Å². The second-order valence-corrected chi connectivity index (χ2v) is 9.48. The number of rotatable bonds is 4. The zero-order valence-corrected chi connectivity index (χ0v) is 20.8. The Balaban J connectivity index is 1.54. The average molecular weight is 591 g/mol. The first-order valence-corrected chi connectivity index (χ1v) is 11.8. The van der Waals surface area contributed by atoms with E-state index in [0.717, 1.165) is 16.7 Å². The standard InChI is InChI=1S/C24H15Br2ClN2O4/c25-16-5-13(6-17(26)23(16)30-10-12-3-1-2-4-18(12)27)22-14-7-20-21(32-11-31-20)8-19(14)33-24(29)15(22)9-28/h1-8,22H,10-11,29H2/t22-/m0/s1. The van der Waals surface area contributed by atoms with Crippen molar-refractivity contribution in [2.45, 2.75) is 12.5 Å². The highest BCUT2D eigenvalue weighted by molar-refractivity contribution is 9.11. The highest BCUT2D eigenvalue weighted by Crippen LogP contribution is 2.49. The summed E-state index contributed by atoms with van der Waals surface area (Å²) < 4.78 is 24.2. The van der Waals surface area contributed by atoms with Crippen molar-refractivity contribution in [2.75, 3.05) is 6.79 Å². The summed E-state index contributed by atoms with van der Waals surface area (Å²) in [5.41, 5.74) is 8.87. The summed E-state index contributed by atoms with van der Waals surface area (Å²) in [6.45, 7) is 0.432. The summed E-state index contributed by atoms with van der Waals surface area (Å²) in [4.78, 5) is 0. The smallest absolute Gasteiger partial charge is 0.231 e. The normalized spacial score (nSPS) is 16.1. The molecule has 6 nitrogen and oxygen atoms in total. The van der Waals surface area contributed by atoms with Crippen LogP contribution in [0.4, 0.5) is 0 Å². The minimum Gasteiger partial charge on any atom is -0.486 e. The molecule has 0 radical (unpaired) electrons. The Hall–Kier alpha value is -2.86. The molecule has 0 saturated carbocycles. The quantitative estimate of drug-likeness (QED) is 0.379. The van der Waals surface area contributed by atoms with Crippen LogP contribution in [0.25, 0.3) is 0 Å². The van der Waals surface area contributed by atoms with E-state index in [1.807, 2.05) is 42.5 Å². The Morgan fingerprint density at radius 1 is 1.06 bits per heavy atom. The summed E-state index contributed by atoms with van der Waals surface area (Å²) in [6, 6.07) is 17.1. The molecule has 0 saturated heterocycles. The Morgan fingerprint density at radius 2 is 1.76 bits per heavy atom. The molecule has 0 aromatic heterocycles. The number of nitriles is 1. The minimum atomic E-state index is -0.460. The lowest BCUT2D eigenvalue weighted by molar-refractivity contribution is 0.174. The predicted molar refractivity (Wildman–Crippen MR) is 129 cm³/mol. The molecule has 5 rings (SSSR count). The van der Waals surface area contributed by atoms with E-state index >= 15 is 0 Å². The van der Waals surface area contributed by atoms with Gasteiger partial charge in [0.05, 0.1) is 14.9 Å². The molecule has 0 unspecified atom stereocenters. The number of halogens is 3. The molecule has 1 atom stereocenters. The molecule has 9 heteroatoms. The van der Waals surface area contributed by atoms with Gasteiger partial charge in [-0.3, -0.25) is 0 Å². The van der Waals surface area contributed by atoms with Crippen LogP contribution in [0.2, 0.25) is 5.02 Å². The van der Waals surface area contributed by atoms with Crippen molar-refractivity contribution >= 4 is 43.5 Å². The molecule has 2 N–H and O–H groups in total. The van der Waals surface area contributed by atoms with Gasteiger partial charge in [-0.05, 0) is 61.7 Å². The fourth-order valence-corrected chi connectivity index (χ4v) is 5.48. The molecule has 2 aliphatic heterocycles. The maximum atomic E-state index is 9.86. The largest absolute Gasteiger partial charge is 0.486 e. The number of ether oxygens (including phenoxy) is 4. The molecular weight excluding hydrogens is 576 g/mol. The van der Waals surface area contributed by atoms with Gasteiger partial charge in [-0.25, -0.2) is 0 Å². The topological polar surface area (TPSA) is 86.7 Å². The van der Waals surface area contributed by atoms with E-state index in [1.165, 1.54) is 0 Å². The zero-order chi connectivity index (χ0) is 23.1. The highest BCUT2D eigenvalue weighted by Gasteiger charge is 2.34. The number of nitrogens with two attached hydrogens (primary N) is 1. The van der Waals surface area contributed by atoms with Gasteiger partial charge in [-0.1, -0.05) is 29.8 Å². The molecule has 0 fully saturated rings. The van der Waals surface area contributed by atoms with E-state index in [9.17, 15) is 5.26 Å². The molecule has 3 aromatic carbocycles. The first kappa shape index (κ1) is 22.0. The van der Waals surface area contributed by atoms with E-state index in [4.69, 9.17) is 36.3 Å². The van der Waals surface area contributed by atoms with Crippen LogP contribution in [0.15, 0.2) is 68.9 Å². The van der Waals surface area contributed by atoms with Crippen LogP contribution in [-0.2, 0) is 6.61 Å².